The zero-order chi connectivity index (χ0) is 11.4. The van der Waals surface area contributed by atoms with E-state index in [1.54, 1.807) is 24.1 Å². The van der Waals surface area contributed by atoms with Crippen molar-refractivity contribution < 1.29 is 9.90 Å². The van der Waals surface area contributed by atoms with Crippen molar-refractivity contribution >= 4 is 5.97 Å². The maximum Gasteiger partial charge on any atom is 0.326 e. The molecule has 0 bridgehead atoms. The van der Waals surface area contributed by atoms with Crippen molar-refractivity contribution in [2.75, 3.05) is 0 Å². The van der Waals surface area contributed by atoms with Crippen molar-refractivity contribution in [1.29, 1.82) is 0 Å². The minimum Gasteiger partial charge on any atom is -0.480 e. The molecule has 2 unspecified atom stereocenters. The van der Waals surface area contributed by atoms with Gasteiger partial charge in [-0.15, -0.1) is 0 Å². The summed E-state index contributed by atoms with van der Waals surface area (Å²) in [7, 11) is 1.79. The number of hydrogen-bond acceptors (Lipinski definition) is 3. The third-order valence-electron chi connectivity index (χ3n) is 2.46. The first-order chi connectivity index (χ1) is 7.06. The summed E-state index contributed by atoms with van der Waals surface area (Å²) < 4.78 is 1.72. The van der Waals surface area contributed by atoms with E-state index in [0.717, 1.165) is 6.42 Å². The summed E-state index contributed by atoms with van der Waals surface area (Å²) in [6.45, 7) is 3.98. The maximum absolute atomic E-state index is 11.1. The molecule has 84 valence electrons. The lowest BCUT2D eigenvalue weighted by atomic mass is 10.1. The van der Waals surface area contributed by atoms with Crippen molar-refractivity contribution in [3.8, 4) is 0 Å². The van der Waals surface area contributed by atoms with E-state index in [2.05, 4.69) is 10.3 Å². The largest absolute Gasteiger partial charge is 0.480 e. The Bertz CT molecular complexity index is 335. The average molecular weight is 211 g/mol. The van der Waals surface area contributed by atoms with E-state index in [4.69, 9.17) is 5.11 Å². The van der Waals surface area contributed by atoms with Crippen LogP contribution in [-0.4, -0.2) is 26.7 Å². The quantitative estimate of drug-likeness (QED) is 0.760. The lowest BCUT2D eigenvalue weighted by Crippen LogP contribution is -2.35. The second-order valence-electron chi connectivity index (χ2n) is 3.68. The number of nitrogens with one attached hydrogen (secondary N) is 1. The summed E-state index contributed by atoms with van der Waals surface area (Å²) >= 11 is 0. The van der Waals surface area contributed by atoms with Crippen LogP contribution in [-0.2, 0) is 11.8 Å². The van der Waals surface area contributed by atoms with Crippen molar-refractivity contribution in [3.05, 3.63) is 18.2 Å². The van der Waals surface area contributed by atoms with Crippen LogP contribution in [0.1, 0.15) is 32.0 Å². The minimum absolute atomic E-state index is 0.168. The highest BCUT2D eigenvalue weighted by Crippen LogP contribution is 2.13. The van der Waals surface area contributed by atoms with Crippen LogP contribution in [0.4, 0.5) is 0 Å². The minimum atomic E-state index is -0.876. The molecule has 2 atom stereocenters. The summed E-state index contributed by atoms with van der Waals surface area (Å²) in [6.07, 6.45) is 4.07. The number of carboxylic acid groups (broad SMARTS) is 1. The summed E-state index contributed by atoms with van der Waals surface area (Å²) in [4.78, 5) is 15.0. The Kier molecular flexibility index (Phi) is 3.85. The Hall–Kier alpha value is -1.36. The molecule has 5 heteroatoms. The molecule has 0 aliphatic rings. The molecule has 5 nitrogen and oxygen atoms in total. The number of hydrogen-bond donors (Lipinski definition) is 2. The molecular formula is C10H17N3O2. The van der Waals surface area contributed by atoms with Gasteiger partial charge in [-0.3, -0.25) is 10.1 Å². The van der Waals surface area contributed by atoms with Crippen molar-refractivity contribution in [3.63, 3.8) is 0 Å². The molecule has 1 aromatic heterocycles. The molecule has 0 saturated carbocycles. The Balaban J connectivity index is 2.84. The van der Waals surface area contributed by atoms with Gasteiger partial charge in [-0.25, -0.2) is 4.98 Å². The first kappa shape index (κ1) is 11.7. The number of nitrogens with zero attached hydrogens (tertiary/aromatic N) is 2. The van der Waals surface area contributed by atoms with E-state index >= 15 is 0 Å². The molecule has 0 fully saturated rings. The zero-order valence-corrected chi connectivity index (χ0v) is 9.27. The standard InChI is InChI=1S/C10H17N3O2/c1-4-7(2)12-9(10(14)15)8-5-11-6-13(8)3/h5-7,9,12H,4H2,1-3H3,(H,14,15). The monoisotopic (exact) mass is 211 g/mol. The molecule has 0 spiro atoms. The summed E-state index contributed by atoms with van der Waals surface area (Å²) in [5.74, 6) is -0.876. The smallest absolute Gasteiger partial charge is 0.326 e. The third-order valence-corrected chi connectivity index (χ3v) is 2.46. The van der Waals surface area contributed by atoms with Crippen molar-refractivity contribution in [2.45, 2.75) is 32.4 Å². The Morgan fingerprint density at radius 1 is 1.73 bits per heavy atom. The molecule has 0 amide bonds. The van der Waals surface area contributed by atoms with Crippen LogP contribution in [0, 0.1) is 0 Å². The topological polar surface area (TPSA) is 67.2 Å². The number of aliphatic carboxylic acids is 1. The van der Waals surface area contributed by atoms with Crippen LogP contribution in [0.15, 0.2) is 12.5 Å². The molecule has 0 aromatic carbocycles. The van der Waals surface area contributed by atoms with Gasteiger partial charge in [0.15, 0.2) is 0 Å². The van der Waals surface area contributed by atoms with Gasteiger partial charge in [0.1, 0.15) is 6.04 Å². The van der Waals surface area contributed by atoms with Crippen LogP contribution in [0.25, 0.3) is 0 Å². The number of aromatic nitrogens is 2. The Labute approximate surface area is 89.1 Å². The normalized spacial score (nSPS) is 14.9. The number of rotatable bonds is 5. The number of aryl methyl sites for hydroxylation is 1. The van der Waals surface area contributed by atoms with Gasteiger partial charge in [-0.05, 0) is 13.3 Å². The average Bonchev–Trinajstić information content (AvgIpc) is 2.60. The fourth-order valence-electron chi connectivity index (χ4n) is 1.33. The second kappa shape index (κ2) is 4.93. The van der Waals surface area contributed by atoms with E-state index in [1.807, 2.05) is 13.8 Å². The highest BCUT2D eigenvalue weighted by Gasteiger charge is 2.23. The fraction of sp³-hybridized carbons (Fsp3) is 0.600. The van der Waals surface area contributed by atoms with Crippen LogP contribution >= 0.6 is 0 Å². The molecule has 2 N–H and O–H groups in total. The van der Waals surface area contributed by atoms with E-state index in [1.165, 1.54) is 0 Å². The van der Waals surface area contributed by atoms with Gasteiger partial charge in [0.25, 0.3) is 0 Å². The van der Waals surface area contributed by atoms with Crippen LogP contribution in [0.2, 0.25) is 0 Å². The van der Waals surface area contributed by atoms with Crippen LogP contribution < -0.4 is 5.32 Å². The number of imidazole rings is 1. The van der Waals surface area contributed by atoms with Gasteiger partial charge < -0.3 is 9.67 Å². The van der Waals surface area contributed by atoms with Crippen LogP contribution in [0.3, 0.4) is 0 Å². The van der Waals surface area contributed by atoms with Gasteiger partial charge >= 0.3 is 5.97 Å². The Morgan fingerprint density at radius 2 is 2.40 bits per heavy atom. The zero-order valence-electron chi connectivity index (χ0n) is 9.27. The van der Waals surface area contributed by atoms with Crippen molar-refractivity contribution in [1.82, 2.24) is 14.9 Å². The predicted octanol–water partition coefficient (Wildman–Crippen LogP) is 0.934. The van der Waals surface area contributed by atoms with Gasteiger partial charge in [0, 0.05) is 13.1 Å². The van der Waals surface area contributed by atoms with Crippen LogP contribution in [0.5, 0.6) is 0 Å². The molecule has 0 saturated heterocycles. The highest BCUT2D eigenvalue weighted by molar-refractivity contribution is 5.74. The van der Waals surface area contributed by atoms with E-state index < -0.39 is 12.0 Å². The lowest BCUT2D eigenvalue weighted by Gasteiger charge is -2.19. The lowest BCUT2D eigenvalue weighted by molar-refractivity contribution is -0.140. The summed E-state index contributed by atoms with van der Waals surface area (Å²) in [5.41, 5.74) is 0.669. The molecule has 0 radical (unpaired) electrons. The summed E-state index contributed by atoms with van der Waals surface area (Å²) in [5, 5.41) is 12.2. The first-order valence-corrected chi connectivity index (χ1v) is 5.01. The van der Waals surface area contributed by atoms with E-state index in [-0.39, 0.29) is 6.04 Å². The Morgan fingerprint density at radius 3 is 2.80 bits per heavy atom. The SMILES string of the molecule is CCC(C)NC(C(=O)O)c1cncn1C. The van der Waals surface area contributed by atoms with Crippen molar-refractivity contribution in [2.24, 2.45) is 7.05 Å². The van der Waals surface area contributed by atoms with Gasteiger partial charge in [-0.2, -0.15) is 0 Å². The molecule has 0 aliphatic heterocycles. The molecule has 1 rings (SSSR count). The van der Waals surface area contributed by atoms with Gasteiger partial charge in [0.2, 0.25) is 0 Å². The van der Waals surface area contributed by atoms with Gasteiger partial charge in [-0.1, -0.05) is 6.92 Å². The third kappa shape index (κ3) is 2.79. The second-order valence-corrected chi connectivity index (χ2v) is 3.68. The molecule has 1 aromatic rings. The summed E-state index contributed by atoms with van der Waals surface area (Å²) in [6, 6.07) is -0.520. The van der Waals surface area contributed by atoms with E-state index in [9.17, 15) is 4.79 Å². The van der Waals surface area contributed by atoms with Gasteiger partial charge in [0.05, 0.1) is 18.2 Å². The molecule has 15 heavy (non-hydrogen) atoms. The first-order valence-electron chi connectivity index (χ1n) is 5.01. The van der Waals surface area contributed by atoms with E-state index in [0.29, 0.717) is 5.69 Å². The maximum atomic E-state index is 11.1. The molecule has 0 aliphatic carbocycles. The fourth-order valence-corrected chi connectivity index (χ4v) is 1.33. The molecular weight excluding hydrogens is 194 g/mol. The highest BCUT2D eigenvalue weighted by atomic mass is 16.4. The number of carboxylic acids is 1. The molecule has 1 heterocycles. The predicted molar refractivity (Wildman–Crippen MR) is 56.5 cm³/mol. The number of carbonyl (C=O) groups is 1.